The summed E-state index contributed by atoms with van der Waals surface area (Å²) in [5.41, 5.74) is 7.69. The van der Waals surface area contributed by atoms with Gasteiger partial charge in [-0.15, -0.1) is 0 Å². The molecular weight excluding hydrogens is 662 g/mol. The van der Waals surface area contributed by atoms with E-state index in [-0.39, 0.29) is 42.4 Å². The minimum absolute atomic E-state index is 0.0139. The number of nitrogens with zero attached hydrogens (tertiary/aromatic N) is 3. The van der Waals surface area contributed by atoms with Crippen molar-refractivity contribution in [2.75, 3.05) is 18.9 Å². The lowest BCUT2D eigenvalue weighted by molar-refractivity contribution is -0.121. The first-order chi connectivity index (χ1) is 22.3. The van der Waals surface area contributed by atoms with Crippen LogP contribution in [0.2, 0.25) is 0 Å². The maximum Gasteiger partial charge on any atom is 0.481 e. The Hall–Kier alpha value is -3.80. The van der Waals surface area contributed by atoms with Gasteiger partial charge in [-0.3, -0.25) is 28.2 Å². The van der Waals surface area contributed by atoms with Crippen LogP contribution in [0, 0.1) is 0 Å². The van der Waals surface area contributed by atoms with E-state index in [0.717, 1.165) is 27.6 Å². The topological polar surface area (TPSA) is 271 Å². The highest BCUT2D eigenvalue weighted by Gasteiger charge is 2.46. The Labute approximate surface area is 266 Å². The van der Waals surface area contributed by atoms with Crippen molar-refractivity contribution in [3.05, 3.63) is 76.8 Å². The predicted octanol–water partition coefficient (Wildman–Crippen LogP) is 1.34. The Morgan fingerprint density at radius 3 is 2.43 bits per heavy atom. The van der Waals surface area contributed by atoms with Gasteiger partial charge < -0.3 is 35.8 Å². The molecule has 1 aliphatic heterocycles. The van der Waals surface area contributed by atoms with Crippen molar-refractivity contribution in [3.8, 4) is 11.1 Å². The zero-order chi connectivity index (χ0) is 33.8. The fourth-order valence-corrected chi connectivity index (χ4v) is 6.83. The van der Waals surface area contributed by atoms with Crippen LogP contribution in [0.5, 0.6) is 0 Å². The van der Waals surface area contributed by atoms with E-state index in [1.165, 1.54) is 0 Å². The van der Waals surface area contributed by atoms with Crippen LogP contribution in [0.1, 0.15) is 24.6 Å². The number of nitrogen functional groups attached to an aromatic ring is 1. The summed E-state index contributed by atoms with van der Waals surface area (Å²) in [5.74, 6) is -0.591. The number of aromatic nitrogens is 4. The third-order valence-electron chi connectivity index (χ3n) is 7.02. The number of hydrogen-bond donors (Lipinski definition) is 7. The standard InChI is InChI=1S/C27H32N6O12P2/c28-27-31-24-21(25(37)32-27)30-15-33(24)26-23(36)22(35)19(44-26)14-43-47(40,41)45-46(38,39)42-12-4-7-20(34)29-13-16-8-10-18(11-9-16)17-5-2-1-3-6-17/h1-3,5-6,8-11,15,19,22-23,26,35-36H,4,7,12-14H2,(H,29,34)(H,38,39)(H,40,41)(H3,28,31,32,37)/t19-,22-,23-,26-/m1/s1. The number of aliphatic hydroxyl groups is 2. The van der Waals surface area contributed by atoms with E-state index < -0.39 is 59.0 Å². The molecule has 252 valence electrons. The lowest BCUT2D eigenvalue weighted by Crippen LogP contribution is -2.33. The van der Waals surface area contributed by atoms with Crippen molar-refractivity contribution in [2.24, 2.45) is 0 Å². The summed E-state index contributed by atoms with van der Waals surface area (Å²) in [6, 6.07) is 17.5. The van der Waals surface area contributed by atoms with E-state index in [9.17, 15) is 38.7 Å². The van der Waals surface area contributed by atoms with Crippen molar-refractivity contribution >= 4 is 38.7 Å². The lowest BCUT2D eigenvalue weighted by atomic mass is 10.0. The molecule has 0 spiro atoms. The number of benzene rings is 2. The number of phosphoric acid groups is 2. The normalized spacial score (nSPS) is 22.1. The number of aliphatic hydroxyl groups excluding tert-OH is 2. The van der Waals surface area contributed by atoms with Crippen molar-refractivity contribution in [1.29, 1.82) is 0 Å². The number of anilines is 1. The maximum absolute atomic E-state index is 12.4. The Morgan fingerprint density at radius 1 is 1.02 bits per heavy atom. The van der Waals surface area contributed by atoms with E-state index >= 15 is 0 Å². The van der Waals surface area contributed by atoms with E-state index in [0.29, 0.717) is 0 Å². The Morgan fingerprint density at radius 2 is 1.70 bits per heavy atom. The molecule has 2 aromatic heterocycles. The number of nitrogens with two attached hydrogens (primary N) is 1. The Kier molecular flexibility index (Phi) is 10.7. The van der Waals surface area contributed by atoms with Crippen molar-refractivity contribution in [1.82, 2.24) is 24.8 Å². The molecule has 5 rings (SSSR count). The summed E-state index contributed by atoms with van der Waals surface area (Å²) >= 11 is 0. The molecule has 0 saturated carbocycles. The average molecular weight is 695 g/mol. The van der Waals surface area contributed by atoms with E-state index in [1.807, 2.05) is 54.6 Å². The van der Waals surface area contributed by atoms with Gasteiger partial charge in [-0.2, -0.15) is 9.29 Å². The number of hydrogen-bond acceptors (Lipinski definition) is 13. The van der Waals surface area contributed by atoms with Gasteiger partial charge in [0.1, 0.15) is 18.3 Å². The van der Waals surface area contributed by atoms with Gasteiger partial charge in [0, 0.05) is 13.0 Å². The molecule has 0 bridgehead atoms. The molecule has 1 fully saturated rings. The van der Waals surface area contributed by atoms with Crippen molar-refractivity contribution in [2.45, 2.75) is 43.9 Å². The Balaban J connectivity index is 1.04. The van der Waals surface area contributed by atoms with Crippen LogP contribution < -0.4 is 16.6 Å². The molecule has 47 heavy (non-hydrogen) atoms. The smallest absolute Gasteiger partial charge is 0.387 e. The van der Waals surface area contributed by atoms with Crippen LogP contribution >= 0.6 is 15.6 Å². The highest BCUT2D eigenvalue weighted by molar-refractivity contribution is 7.61. The molecule has 4 aromatic rings. The average Bonchev–Trinajstić information content (AvgIpc) is 3.57. The van der Waals surface area contributed by atoms with Gasteiger partial charge in [0.15, 0.2) is 17.4 Å². The van der Waals surface area contributed by atoms with E-state index in [2.05, 4.69) is 24.6 Å². The summed E-state index contributed by atoms with van der Waals surface area (Å²) in [7, 11) is -10.4. The number of carbonyl (C=O) groups is 1. The number of fused-ring (bicyclic) bond motifs is 1. The molecule has 8 N–H and O–H groups in total. The fraction of sp³-hybridized carbons (Fsp3) is 0.333. The maximum atomic E-state index is 12.4. The summed E-state index contributed by atoms with van der Waals surface area (Å²) in [4.78, 5) is 54.2. The molecule has 3 heterocycles. The van der Waals surface area contributed by atoms with Crippen LogP contribution in [0.25, 0.3) is 22.3 Å². The number of rotatable bonds is 14. The first-order valence-corrected chi connectivity index (χ1v) is 17.1. The number of H-pyrrole nitrogens is 1. The zero-order valence-electron chi connectivity index (χ0n) is 24.5. The minimum Gasteiger partial charge on any atom is -0.387 e. The van der Waals surface area contributed by atoms with Crippen LogP contribution in [0.15, 0.2) is 65.7 Å². The molecule has 0 aliphatic carbocycles. The molecule has 20 heteroatoms. The molecule has 0 radical (unpaired) electrons. The number of aromatic amines is 1. The third-order valence-corrected chi connectivity index (χ3v) is 9.66. The number of phosphoric ester groups is 2. The second-order valence-electron chi connectivity index (χ2n) is 10.4. The molecule has 1 amide bonds. The molecule has 1 aliphatic rings. The van der Waals surface area contributed by atoms with Gasteiger partial charge in [0.2, 0.25) is 11.9 Å². The molecule has 2 aromatic carbocycles. The number of carbonyl (C=O) groups excluding carboxylic acids is 1. The SMILES string of the molecule is Nc1nc2c(ncn2[C@@H]2O[C@H](COP(=O)(O)OP(=O)(O)OCCCC(=O)NCc3ccc(-c4ccccc4)cc3)[C@@H](O)[C@H]2O)c(=O)[nH]1. The van der Waals surface area contributed by atoms with Crippen LogP contribution in [0.4, 0.5) is 5.95 Å². The molecule has 18 nitrogen and oxygen atoms in total. The van der Waals surface area contributed by atoms with Gasteiger partial charge >= 0.3 is 15.6 Å². The molecule has 6 atom stereocenters. The van der Waals surface area contributed by atoms with Gasteiger partial charge in [0.05, 0.1) is 19.5 Å². The van der Waals surface area contributed by atoms with Gasteiger partial charge in [-0.25, -0.2) is 14.1 Å². The summed E-state index contributed by atoms with van der Waals surface area (Å²) in [6.07, 6.45) is -5.07. The second kappa shape index (κ2) is 14.5. The van der Waals surface area contributed by atoms with Crippen LogP contribution in [-0.4, -0.2) is 77.0 Å². The highest BCUT2D eigenvalue weighted by Crippen LogP contribution is 2.60. The van der Waals surface area contributed by atoms with E-state index in [1.54, 1.807) is 0 Å². The number of amides is 1. The Bertz CT molecular complexity index is 1850. The molecular formula is C27H32N6O12P2. The van der Waals surface area contributed by atoms with Crippen LogP contribution in [0.3, 0.4) is 0 Å². The summed E-state index contributed by atoms with van der Waals surface area (Å²) < 4.78 is 44.9. The zero-order valence-corrected chi connectivity index (χ0v) is 26.3. The molecule has 1 saturated heterocycles. The van der Waals surface area contributed by atoms with Gasteiger partial charge in [-0.1, -0.05) is 54.6 Å². The third kappa shape index (κ3) is 8.77. The number of imidazole rings is 1. The fourth-order valence-electron chi connectivity index (χ4n) is 4.72. The largest absolute Gasteiger partial charge is 0.481 e. The number of nitrogens with one attached hydrogen (secondary N) is 2. The van der Waals surface area contributed by atoms with Crippen molar-refractivity contribution < 1.29 is 52.0 Å². The highest BCUT2D eigenvalue weighted by atomic mass is 31.3. The molecule has 2 unspecified atom stereocenters. The number of ether oxygens (including phenoxy) is 1. The van der Waals surface area contributed by atoms with Crippen LogP contribution in [-0.2, 0) is 38.6 Å². The van der Waals surface area contributed by atoms with E-state index in [4.69, 9.17) is 19.5 Å². The first kappa shape index (κ1) is 34.5. The minimum atomic E-state index is -5.26. The first-order valence-electron chi connectivity index (χ1n) is 14.1. The predicted molar refractivity (Wildman–Crippen MR) is 164 cm³/mol. The summed E-state index contributed by atoms with van der Waals surface area (Å²) in [6.45, 7) is -1.07. The quantitative estimate of drug-likeness (QED) is 0.0725. The van der Waals surface area contributed by atoms with Gasteiger partial charge in [-0.05, 0) is 23.1 Å². The van der Waals surface area contributed by atoms with Gasteiger partial charge in [0.25, 0.3) is 5.56 Å². The van der Waals surface area contributed by atoms with Crippen molar-refractivity contribution in [3.63, 3.8) is 0 Å². The lowest BCUT2D eigenvalue weighted by Gasteiger charge is -2.19. The second-order valence-corrected chi connectivity index (χ2v) is 13.5. The summed E-state index contributed by atoms with van der Waals surface area (Å²) in [5, 5.41) is 23.6. The monoisotopic (exact) mass is 694 g/mol.